The Balaban J connectivity index is 3.22. The SMILES string of the molecule is Cc1[nH]nc(Cl)c1C=O. The van der Waals surface area contributed by atoms with Gasteiger partial charge in [-0.05, 0) is 6.92 Å². The summed E-state index contributed by atoms with van der Waals surface area (Å²) in [5.41, 5.74) is 1.15. The summed E-state index contributed by atoms with van der Waals surface area (Å²) in [6.07, 6.45) is 0.682. The molecule has 1 heterocycles. The molecule has 1 aromatic rings. The number of aromatic nitrogens is 2. The molecule has 0 saturated heterocycles. The van der Waals surface area contributed by atoms with Crippen LogP contribution in [0.2, 0.25) is 5.15 Å². The van der Waals surface area contributed by atoms with E-state index in [0.29, 0.717) is 17.5 Å². The number of halogens is 1. The van der Waals surface area contributed by atoms with Gasteiger partial charge in [-0.1, -0.05) is 11.6 Å². The fourth-order valence-corrected chi connectivity index (χ4v) is 0.774. The molecule has 0 aliphatic heterocycles. The summed E-state index contributed by atoms with van der Waals surface area (Å²) in [6.45, 7) is 1.74. The zero-order valence-electron chi connectivity index (χ0n) is 4.81. The van der Waals surface area contributed by atoms with Crippen molar-refractivity contribution in [2.24, 2.45) is 0 Å². The maximum atomic E-state index is 10.2. The van der Waals surface area contributed by atoms with E-state index >= 15 is 0 Å². The molecule has 0 aliphatic carbocycles. The van der Waals surface area contributed by atoms with Gasteiger partial charge in [0.05, 0.1) is 5.56 Å². The highest BCUT2D eigenvalue weighted by Crippen LogP contribution is 2.11. The molecule has 0 bridgehead atoms. The van der Waals surface area contributed by atoms with Crippen LogP contribution in [0.5, 0.6) is 0 Å². The maximum absolute atomic E-state index is 10.2. The highest BCUT2D eigenvalue weighted by Gasteiger charge is 2.04. The van der Waals surface area contributed by atoms with E-state index in [1.165, 1.54) is 0 Å². The molecule has 0 saturated carbocycles. The highest BCUT2D eigenvalue weighted by atomic mass is 35.5. The van der Waals surface area contributed by atoms with Crippen molar-refractivity contribution < 1.29 is 4.79 Å². The monoisotopic (exact) mass is 144 g/mol. The number of aryl methyl sites for hydroxylation is 1. The molecule has 0 atom stereocenters. The first-order chi connectivity index (χ1) is 4.25. The van der Waals surface area contributed by atoms with Gasteiger partial charge >= 0.3 is 0 Å². The Labute approximate surface area is 57.0 Å². The van der Waals surface area contributed by atoms with Crippen LogP contribution < -0.4 is 0 Å². The molecule has 0 spiro atoms. The van der Waals surface area contributed by atoms with Gasteiger partial charge in [-0.25, -0.2) is 0 Å². The number of carbonyl (C=O) groups is 1. The summed E-state index contributed by atoms with van der Waals surface area (Å²) in [4.78, 5) is 10.2. The first-order valence-corrected chi connectivity index (χ1v) is 2.79. The van der Waals surface area contributed by atoms with Gasteiger partial charge in [0.1, 0.15) is 0 Å². The van der Waals surface area contributed by atoms with Crippen molar-refractivity contribution in [2.75, 3.05) is 0 Å². The number of nitrogens with one attached hydrogen (secondary N) is 1. The predicted octanol–water partition coefficient (Wildman–Crippen LogP) is 1.18. The van der Waals surface area contributed by atoms with Gasteiger partial charge in [0.15, 0.2) is 11.4 Å². The summed E-state index contributed by atoms with van der Waals surface area (Å²) in [7, 11) is 0. The average molecular weight is 145 g/mol. The van der Waals surface area contributed by atoms with Crippen LogP contribution in [0.4, 0.5) is 0 Å². The molecule has 3 nitrogen and oxygen atoms in total. The molecule has 1 rings (SSSR count). The standard InChI is InChI=1S/C5H5ClN2O/c1-3-4(2-9)5(6)8-7-3/h2H,1H3,(H,7,8). The Morgan fingerprint density at radius 3 is 2.67 bits per heavy atom. The molecule has 1 N–H and O–H groups in total. The molecule has 0 unspecified atom stereocenters. The fraction of sp³-hybridized carbons (Fsp3) is 0.200. The van der Waals surface area contributed by atoms with E-state index in [2.05, 4.69) is 10.2 Å². The number of rotatable bonds is 1. The Morgan fingerprint density at radius 1 is 1.78 bits per heavy atom. The van der Waals surface area contributed by atoms with Crippen LogP contribution in [-0.4, -0.2) is 16.5 Å². The van der Waals surface area contributed by atoms with Crippen LogP contribution in [0.1, 0.15) is 16.1 Å². The van der Waals surface area contributed by atoms with Crippen molar-refractivity contribution in [3.05, 3.63) is 16.4 Å². The molecule has 0 aromatic carbocycles. The lowest BCUT2D eigenvalue weighted by Crippen LogP contribution is -1.79. The molecule has 0 aliphatic rings. The molecule has 48 valence electrons. The molecular formula is C5H5ClN2O. The number of aldehydes is 1. The topological polar surface area (TPSA) is 45.8 Å². The lowest BCUT2D eigenvalue weighted by atomic mass is 10.3. The van der Waals surface area contributed by atoms with Crippen molar-refractivity contribution >= 4 is 17.9 Å². The Morgan fingerprint density at radius 2 is 2.44 bits per heavy atom. The van der Waals surface area contributed by atoms with Crippen molar-refractivity contribution in [2.45, 2.75) is 6.92 Å². The molecule has 9 heavy (non-hydrogen) atoms. The third kappa shape index (κ3) is 0.954. The van der Waals surface area contributed by atoms with Gasteiger partial charge in [-0.15, -0.1) is 0 Å². The van der Waals surface area contributed by atoms with Gasteiger partial charge in [0.2, 0.25) is 0 Å². The quantitative estimate of drug-likeness (QED) is 0.602. The van der Waals surface area contributed by atoms with Gasteiger partial charge in [0.25, 0.3) is 0 Å². The Bertz CT molecular complexity index is 211. The highest BCUT2D eigenvalue weighted by molar-refractivity contribution is 6.31. The van der Waals surface area contributed by atoms with E-state index in [9.17, 15) is 4.79 Å². The van der Waals surface area contributed by atoms with Crippen LogP contribution >= 0.6 is 11.6 Å². The number of hydrogen-bond donors (Lipinski definition) is 1. The van der Waals surface area contributed by atoms with E-state index in [1.54, 1.807) is 6.92 Å². The van der Waals surface area contributed by atoms with Crippen molar-refractivity contribution in [3.63, 3.8) is 0 Å². The minimum atomic E-state index is 0.238. The number of H-pyrrole nitrogens is 1. The maximum Gasteiger partial charge on any atom is 0.161 e. The third-order valence-corrected chi connectivity index (χ3v) is 1.35. The number of nitrogens with zero attached hydrogens (tertiary/aromatic N) is 1. The van der Waals surface area contributed by atoms with Gasteiger partial charge in [0, 0.05) is 5.69 Å². The molecule has 0 amide bonds. The Hall–Kier alpha value is -0.830. The van der Waals surface area contributed by atoms with E-state index < -0.39 is 0 Å². The summed E-state index contributed by atoms with van der Waals surface area (Å²) in [6, 6.07) is 0. The minimum Gasteiger partial charge on any atom is -0.298 e. The van der Waals surface area contributed by atoms with Gasteiger partial charge in [-0.3, -0.25) is 9.89 Å². The summed E-state index contributed by atoms with van der Waals surface area (Å²) in [5, 5.41) is 6.41. The second kappa shape index (κ2) is 2.19. The van der Waals surface area contributed by atoms with Crippen LogP contribution in [0.25, 0.3) is 0 Å². The summed E-state index contributed by atoms with van der Waals surface area (Å²) >= 11 is 5.47. The fourth-order valence-electron chi connectivity index (χ4n) is 0.545. The van der Waals surface area contributed by atoms with Crippen LogP contribution in [0.15, 0.2) is 0 Å². The van der Waals surface area contributed by atoms with Crippen molar-refractivity contribution in [1.82, 2.24) is 10.2 Å². The zero-order valence-corrected chi connectivity index (χ0v) is 5.57. The van der Waals surface area contributed by atoms with Crippen LogP contribution in [-0.2, 0) is 0 Å². The molecular weight excluding hydrogens is 140 g/mol. The predicted molar refractivity (Wildman–Crippen MR) is 33.7 cm³/mol. The summed E-state index contributed by atoms with van der Waals surface area (Å²) < 4.78 is 0. The molecule has 1 aromatic heterocycles. The van der Waals surface area contributed by atoms with Crippen LogP contribution in [0, 0.1) is 6.92 Å². The smallest absolute Gasteiger partial charge is 0.161 e. The lowest BCUT2D eigenvalue weighted by Gasteiger charge is -1.81. The van der Waals surface area contributed by atoms with E-state index in [4.69, 9.17) is 11.6 Å². The summed E-state index contributed by atoms with van der Waals surface area (Å²) in [5.74, 6) is 0. The minimum absolute atomic E-state index is 0.238. The van der Waals surface area contributed by atoms with E-state index in [1.807, 2.05) is 0 Å². The van der Waals surface area contributed by atoms with E-state index in [0.717, 1.165) is 0 Å². The number of aromatic amines is 1. The average Bonchev–Trinajstić information content (AvgIpc) is 2.12. The van der Waals surface area contributed by atoms with Gasteiger partial charge < -0.3 is 0 Å². The number of carbonyl (C=O) groups excluding carboxylic acids is 1. The second-order valence-corrected chi connectivity index (χ2v) is 2.03. The van der Waals surface area contributed by atoms with Crippen LogP contribution in [0.3, 0.4) is 0 Å². The first-order valence-electron chi connectivity index (χ1n) is 2.41. The third-order valence-electron chi connectivity index (χ3n) is 1.07. The van der Waals surface area contributed by atoms with E-state index in [-0.39, 0.29) is 5.15 Å². The zero-order chi connectivity index (χ0) is 6.85. The largest absolute Gasteiger partial charge is 0.298 e. The lowest BCUT2D eigenvalue weighted by molar-refractivity contribution is 0.112. The number of hydrogen-bond acceptors (Lipinski definition) is 2. The Kier molecular flexibility index (Phi) is 1.53. The molecule has 0 fully saturated rings. The molecule has 0 radical (unpaired) electrons. The normalized spacial score (nSPS) is 9.56. The first kappa shape index (κ1) is 6.29. The molecule has 4 heteroatoms. The van der Waals surface area contributed by atoms with Gasteiger partial charge in [-0.2, -0.15) is 5.10 Å². The van der Waals surface area contributed by atoms with Crippen molar-refractivity contribution in [3.8, 4) is 0 Å². The van der Waals surface area contributed by atoms with Crippen molar-refractivity contribution in [1.29, 1.82) is 0 Å². The second-order valence-electron chi connectivity index (χ2n) is 1.67.